The lowest BCUT2D eigenvalue weighted by Gasteiger charge is -2.08. The molecule has 0 heterocycles. The quantitative estimate of drug-likeness (QED) is 0.880. The number of hydrogen-bond acceptors (Lipinski definition) is 2. The van der Waals surface area contributed by atoms with E-state index in [1.807, 2.05) is 0 Å². The molecule has 0 aliphatic carbocycles. The number of hydrogen-bond donors (Lipinski definition) is 2. The van der Waals surface area contributed by atoms with E-state index in [1.165, 1.54) is 24.3 Å². The van der Waals surface area contributed by atoms with Crippen LogP contribution >= 0.6 is 11.6 Å². The molecule has 5 heteroatoms. The molecule has 0 saturated carbocycles. The minimum absolute atomic E-state index is 0.0744. The molecule has 0 bridgehead atoms. The predicted octanol–water partition coefficient (Wildman–Crippen LogP) is 3.75. The summed E-state index contributed by atoms with van der Waals surface area (Å²) in [6, 6.07) is 8.53. The Kier molecular flexibility index (Phi) is 3.71. The Hall–Kier alpha value is -2.07. The molecule has 2 aromatic rings. The number of aryl methyl sites for hydroxylation is 1. The van der Waals surface area contributed by atoms with Crippen LogP contribution in [0.3, 0.4) is 0 Å². The maximum Gasteiger partial charge on any atom is 0.259 e. The van der Waals surface area contributed by atoms with Gasteiger partial charge in [0.15, 0.2) is 0 Å². The molecule has 0 radical (unpaired) electrons. The number of phenolic OH excluding ortho intramolecular Hbond substituents is 1. The van der Waals surface area contributed by atoms with Gasteiger partial charge in [0, 0.05) is 10.7 Å². The number of carbonyl (C=O) groups excluding carboxylic acids is 1. The fourth-order valence-corrected chi connectivity index (χ4v) is 1.73. The summed E-state index contributed by atoms with van der Waals surface area (Å²) in [4.78, 5) is 11.9. The number of rotatable bonds is 2. The van der Waals surface area contributed by atoms with Crippen LogP contribution in [-0.2, 0) is 0 Å². The van der Waals surface area contributed by atoms with Gasteiger partial charge in [-0.2, -0.15) is 0 Å². The first-order chi connectivity index (χ1) is 8.97. The predicted molar refractivity (Wildman–Crippen MR) is 72.2 cm³/mol. The number of phenols is 1. The second kappa shape index (κ2) is 5.28. The second-order valence-corrected chi connectivity index (χ2v) is 4.52. The molecule has 19 heavy (non-hydrogen) atoms. The van der Waals surface area contributed by atoms with Crippen molar-refractivity contribution in [3.63, 3.8) is 0 Å². The van der Waals surface area contributed by atoms with E-state index in [9.17, 15) is 14.3 Å². The minimum Gasteiger partial charge on any atom is -0.507 e. The molecule has 0 aliphatic rings. The first-order valence-electron chi connectivity index (χ1n) is 5.53. The van der Waals surface area contributed by atoms with Gasteiger partial charge in [0.1, 0.15) is 11.6 Å². The normalized spacial score (nSPS) is 10.3. The van der Waals surface area contributed by atoms with Crippen LogP contribution in [0.15, 0.2) is 36.4 Å². The van der Waals surface area contributed by atoms with Gasteiger partial charge in [-0.25, -0.2) is 4.39 Å². The van der Waals surface area contributed by atoms with E-state index in [0.29, 0.717) is 16.3 Å². The zero-order valence-corrected chi connectivity index (χ0v) is 10.8. The molecule has 98 valence electrons. The first-order valence-corrected chi connectivity index (χ1v) is 5.91. The van der Waals surface area contributed by atoms with Gasteiger partial charge in [-0.05, 0) is 42.8 Å². The summed E-state index contributed by atoms with van der Waals surface area (Å²) in [7, 11) is 0. The Labute approximate surface area is 114 Å². The van der Waals surface area contributed by atoms with Crippen LogP contribution in [0.25, 0.3) is 0 Å². The number of anilines is 1. The van der Waals surface area contributed by atoms with E-state index in [0.717, 1.165) is 0 Å². The molecule has 1 amide bonds. The summed E-state index contributed by atoms with van der Waals surface area (Å²) in [6.45, 7) is 1.63. The number of carbonyl (C=O) groups is 1. The fraction of sp³-hybridized carbons (Fsp3) is 0.0714. The standard InChI is InChI=1S/C14H11ClFNO2/c1-8-2-4-10(7-12(8)16)17-14(19)11-5-3-9(15)6-13(11)18/h2-7,18H,1H3,(H,17,19). The fourth-order valence-electron chi connectivity index (χ4n) is 1.57. The number of benzene rings is 2. The van der Waals surface area contributed by atoms with Gasteiger partial charge in [-0.3, -0.25) is 4.79 Å². The summed E-state index contributed by atoms with van der Waals surface area (Å²) < 4.78 is 13.3. The van der Waals surface area contributed by atoms with Crippen molar-refractivity contribution in [1.29, 1.82) is 0 Å². The van der Waals surface area contributed by atoms with Crippen LogP contribution < -0.4 is 5.32 Å². The Morgan fingerprint density at radius 1 is 1.26 bits per heavy atom. The third-order valence-electron chi connectivity index (χ3n) is 2.63. The average molecular weight is 280 g/mol. The smallest absolute Gasteiger partial charge is 0.259 e. The highest BCUT2D eigenvalue weighted by atomic mass is 35.5. The third kappa shape index (κ3) is 3.03. The van der Waals surface area contributed by atoms with Crippen molar-refractivity contribution in [1.82, 2.24) is 0 Å². The van der Waals surface area contributed by atoms with Crippen LogP contribution in [0.4, 0.5) is 10.1 Å². The van der Waals surface area contributed by atoms with E-state index in [-0.39, 0.29) is 11.3 Å². The highest BCUT2D eigenvalue weighted by Gasteiger charge is 2.12. The largest absolute Gasteiger partial charge is 0.507 e. The van der Waals surface area contributed by atoms with E-state index in [2.05, 4.69) is 5.32 Å². The molecule has 0 fully saturated rings. The first kappa shape index (κ1) is 13.4. The third-order valence-corrected chi connectivity index (χ3v) is 2.87. The van der Waals surface area contributed by atoms with Gasteiger partial charge in [-0.15, -0.1) is 0 Å². The van der Waals surface area contributed by atoms with Gasteiger partial charge in [0.25, 0.3) is 5.91 Å². The SMILES string of the molecule is Cc1ccc(NC(=O)c2ccc(Cl)cc2O)cc1F. The summed E-state index contributed by atoms with van der Waals surface area (Å²) in [5, 5.41) is 12.5. The van der Waals surface area contributed by atoms with Crippen LogP contribution in [0, 0.1) is 12.7 Å². The van der Waals surface area contributed by atoms with E-state index >= 15 is 0 Å². The van der Waals surface area contributed by atoms with Crippen molar-refractivity contribution in [3.05, 3.63) is 58.4 Å². The van der Waals surface area contributed by atoms with Gasteiger partial charge in [0.05, 0.1) is 5.56 Å². The minimum atomic E-state index is -0.530. The molecule has 0 aromatic heterocycles. The number of amides is 1. The number of nitrogens with one attached hydrogen (secondary N) is 1. The Balaban J connectivity index is 2.23. The molecule has 0 aliphatic heterocycles. The molecule has 0 spiro atoms. The highest BCUT2D eigenvalue weighted by Crippen LogP contribution is 2.23. The van der Waals surface area contributed by atoms with Crippen molar-refractivity contribution < 1.29 is 14.3 Å². The van der Waals surface area contributed by atoms with Crippen LogP contribution in [0.1, 0.15) is 15.9 Å². The molecule has 0 saturated heterocycles. The Bertz CT molecular complexity index is 643. The molecular weight excluding hydrogens is 269 g/mol. The molecular formula is C14H11ClFNO2. The van der Waals surface area contributed by atoms with Crippen molar-refractivity contribution in [3.8, 4) is 5.75 Å². The van der Waals surface area contributed by atoms with Crippen LogP contribution in [0.5, 0.6) is 5.75 Å². The Morgan fingerprint density at radius 3 is 2.63 bits per heavy atom. The van der Waals surface area contributed by atoms with Crippen molar-refractivity contribution in [2.75, 3.05) is 5.32 Å². The lowest BCUT2D eigenvalue weighted by molar-refractivity contribution is 0.102. The van der Waals surface area contributed by atoms with E-state index in [4.69, 9.17) is 11.6 Å². The molecule has 2 rings (SSSR count). The van der Waals surface area contributed by atoms with Crippen molar-refractivity contribution in [2.24, 2.45) is 0 Å². The van der Waals surface area contributed by atoms with Gasteiger partial charge in [0.2, 0.25) is 0 Å². The summed E-state index contributed by atoms with van der Waals surface area (Å²) in [6.07, 6.45) is 0. The molecule has 2 aromatic carbocycles. The number of halogens is 2. The summed E-state index contributed by atoms with van der Waals surface area (Å²) in [5.41, 5.74) is 0.889. The molecule has 3 nitrogen and oxygen atoms in total. The lowest BCUT2D eigenvalue weighted by atomic mass is 10.1. The van der Waals surface area contributed by atoms with Gasteiger partial charge >= 0.3 is 0 Å². The zero-order chi connectivity index (χ0) is 14.0. The molecule has 0 atom stereocenters. The molecule has 2 N–H and O–H groups in total. The van der Waals surface area contributed by atoms with Crippen molar-refractivity contribution >= 4 is 23.2 Å². The molecule has 0 unspecified atom stereocenters. The maximum absolute atomic E-state index is 13.3. The topological polar surface area (TPSA) is 49.3 Å². The zero-order valence-electron chi connectivity index (χ0n) is 10.1. The highest BCUT2D eigenvalue weighted by molar-refractivity contribution is 6.30. The van der Waals surface area contributed by atoms with Crippen LogP contribution in [0.2, 0.25) is 5.02 Å². The Morgan fingerprint density at radius 2 is 2.00 bits per heavy atom. The average Bonchev–Trinajstić information content (AvgIpc) is 2.33. The monoisotopic (exact) mass is 279 g/mol. The van der Waals surface area contributed by atoms with Crippen LogP contribution in [-0.4, -0.2) is 11.0 Å². The summed E-state index contributed by atoms with van der Waals surface area (Å²) >= 11 is 5.68. The lowest BCUT2D eigenvalue weighted by Crippen LogP contribution is -2.12. The van der Waals surface area contributed by atoms with Gasteiger partial charge in [-0.1, -0.05) is 17.7 Å². The van der Waals surface area contributed by atoms with E-state index < -0.39 is 11.7 Å². The summed E-state index contributed by atoms with van der Waals surface area (Å²) in [5.74, 6) is -1.16. The maximum atomic E-state index is 13.3. The van der Waals surface area contributed by atoms with E-state index in [1.54, 1.807) is 19.1 Å². The second-order valence-electron chi connectivity index (χ2n) is 4.08. The van der Waals surface area contributed by atoms with Crippen molar-refractivity contribution in [2.45, 2.75) is 6.92 Å². The number of aromatic hydroxyl groups is 1. The van der Waals surface area contributed by atoms with Gasteiger partial charge < -0.3 is 10.4 Å².